The molecule has 0 aromatic heterocycles. The lowest BCUT2D eigenvalue weighted by molar-refractivity contribution is -0.170. The number of amides is 2. The summed E-state index contributed by atoms with van der Waals surface area (Å²) in [5.74, 6) is -0.379. The van der Waals surface area contributed by atoms with Gasteiger partial charge in [0, 0.05) is 38.2 Å². The first-order chi connectivity index (χ1) is 14.5. The van der Waals surface area contributed by atoms with Crippen LogP contribution in [0.5, 0.6) is 0 Å². The summed E-state index contributed by atoms with van der Waals surface area (Å²) >= 11 is 0. The third-order valence-electron chi connectivity index (χ3n) is 5.67. The monoisotopic (exact) mass is 413 g/mol. The number of nitriles is 1. The fourth-order valence-corrected chi connectivity index (χ4v) is 3.93. The lowest BCUT2D eigenvalue weighted by atomic mass is 9.88. The van der Waals surface area contributed by atoms with Crippen LogP contribution in [0, 0.1) is 11.3 Å². The molecule has 8 nitrogen and oxygen atoms in total. The fourth-order valence-electron chi connectivity index (χ4n) is 3.93. The van der Waals surface area contributed by atoms with Gasteiger partial charge in [0.2, 0.25) is 5.91 Å². The van der Waals surface area contributed by atoms with Gasteiger partial charge in [-0.05, 0) is 50.5 Å². The van der Waals surface area contributed by atoms with Crippen LogP contribution in [0.3, 0.4) is 0 Å². The molecule has 0 bridgehead atoms. The summed E-state index contributed by atoms with van der Waals surface area (Å²) in [6, 6.07) is 8.68. The summed E-state index contributed by atoms with van der Waals surface area (Å²) in [5.41, 5.74) is 0.636. The van der Waals surface area contributed by atoms with E-state index < -0.39 is 5.60 Å². The molecule has 2 amide bonds. The molecule has 2 fully saturated rings. The molecule has 2 heterocycles. The zero-order valence-electron chi connectivity index (χ0n) is 17.3. The predicted octanol–water partition coefficient (Wildman–Crippen LogP) is 1.74. The molecule has 8 heteroatoms. The second-order valence-corrected chi connectivity index (χ2v) is 7.68. The Morgan fingerprint density at radius 2 is 1.93 bits per heavy atom. The zero-order chi connectivity index (χ0) is 21.6. The van der Waals surface area contributed by atoms with Crippen LogP contribution < -0.4 is 0 Å². The highest BCUT2D eigenvalue weighted by Gasteiger charge is 2.42. The number of ether oxygens (including phenoxy) is 2. The minimum absolute atomic E-state index is 0.0307. The number of benzene rings is 1. The number of hydrogen-bond acceptors (Lipinski definition) is 6. The molecule has 0 saturated carbocycles. The third kappa shape index (κ3) is 5.16. The van der Waals surface area contributed by atoms with Gasteiger partial charge in [0.25, 0.3) is 5.91 Å². The second-order valence-electron chi connectivity index (χ2n) is 7.68. The van der Waals surface area contributed by atoms with Crippen molar-refractivity contribution in [2.45, 2.75) is 38.2 Å². The maximum Gasteiger partial charge on any atom is 0.305 e. The van der Waals surface area contributed by atoms with Crippen molar-refractivity contribution in [3.8, 4) is 6.07 Å². The van der Waals surface area contributed by atoms with Crippen LogP contribution in [0.1, 0.15) is 48.5 Å². The summed E-state index contributed by atoms with van der Waals surface area (Å²) < 4.78 is 10.9. The van der Waals surface area contributed by atoms with Crippen molar-refractivity contribution in [2.24, 2.45) is 0 Å². The average Bonchev–Trinajstić information content (AvgIpc) is 2.77. The maximum atomic E-state index is 12.7. The topological polar surface area (TPSA) is 99.9 Å². The smallest absolute Gasteiger partial charge is 0.305 e. The minimum Gasteiger partial charge on any atom is -0.466 e. The molecule has 160 valence electrons. The van der Waals surface area contributed by atoms with Gasteiger partial charge in [-0.3, -0.25) is 14.4 Å². The molecular weight excluding hydrogens is 386 g/mol. The van der Waals surface area contributed by atoms with Crippen LogP contribution in [0.15, 0.2) is 24.3 Å². The molecule has 0 aliphatic carbocycles. The van der Waals surface area contributed by atoms with E-state index in [1.165, 1.54) is 0 Å². The van der Waals surface area contributed by atoms with Crippen LogP contribution in [-0.2, 0) is 19.1 Å². The van der Waals surface area contributed by atoms with Gasteiger partial charge in [0.15, 0.2) is 0 Å². The molecule has 3 rings (SSSR count). The Balaban J connectivity index is 1.53. The van der Waals surface area contributed by atoms with Crippen LogP contribution >= 0.6 is 0 Å². The van der Waals surface area contributed by atoms with Gasteiger partial charge in [0.1, 0.15) is 6.61 Å². The van der Waals surface area contributed by atoms with Crippen LogP contribution in [0.25, 0.3) is 0 Å². The van der Waals surface area contributed by atoms with Crippen molar-refractivity contribution < 1.29 is 23.9 Å². The number of carbonyl (C=O) groups excluding carboxylic acids is 3. The van der Waals surface area contributed by atoms with Gasteiger partial charge < -0.3 is 19.3 Å². The van der Waals surface area contributed by atoms with Gasteiger partial charge in [-0.1, -0.05) is 0 Å². The lowest BCUT2D eigenvalue weighted by Crippen LogP contribution is -2.59. The van der Waals surface area contributed by atoms with E-state index in [0.29, 0.717) is 69.6 Å². The first-order valence-corrected chi connectivity index (χ1v) is 10.3. The Kier molecular flexibility index (Phi) is 7.06. The standard InChI is InChI=1S/C22H27N3O5/c1-2-29-20(27)4-3-11-25-16-22(30-15-19(25)26)9-12-24(13-10-22)21(28)18-7-5-17(14-23)6-8-18/h5-8H,2-4,9-13,15-16H2,1H3. The molecule has 1 spiro atoms. The number of morpholine rings is 1. The highest BCUT2D eigenvalue weighted by atomic mass is 16.5. The first kappa shape index (κ1) is 21.8. The molecule has 1 aromatic rings. The number of nitrogens with zero attached hydrogens (tertiary/aromatic N) is 3. The van der Waals surface area contributed by atoms with E-state index in [-0.39, 0.29) is 24.4 Å². The van der Waals surface area contributed by atoms with Crippen LogP contribution in [0.4, 0.5) is 0 Å². The number of carbonyl (C=O) groups is 3. The average molecular weight is 413 g/mol. The van der Waals surface area contributed by atoms with E-state index >= 15 is 0 Å². The Bertz CT molecular complexity index is 822. The highest BCUT2D eigenvalue weighted by Crippen LogP contribution is 2.31. The lowest BCUT2D eigenvalue weighted by Gasteiger charge is -2.47. The number of hydrogen-bond donors (Lipinski definition) is 0. The Labute approximate surface area is 176 Å². The summed E-state index contributed by atoms with van der Waals surface area (Å²) in [5, 5.41) is 8.89. The molecule has 0 unspecified atom stereocenters. The predicted molar refractivity (Wildman–Crippen MR) is 107 cm³/mol. The first-order valence-electron chi connectivity index (χ1n) is 10.3. The number of esters is 1. The molecule has 0 atom stereocenters. The van der Waals surface area contributed by atoms with Crippen molar-refractivity contribution in [1.82, 2.24) is 9.80 Å². The van der Waals surface area contributed by atoms with Crippen molar-refractivity contribution in [3.05, 3.63) is 35.4 Å². The molecule has 2 saturated heterocycles. The van der Waals surface area contributed by atoms with Gasteiger partial charge >= 0.3 is 5.97 Å². The van der Waals surface area contributed by atoms with Crippen LogP contribution in [-0.4, -0.2) is 72.6 Å². The Hall–Kier alpha value is -2.92. The van der Waals surface area contributed by atoms with E-state index in [9.17, 15) is 14.4 Å². The van der Waals surface area contributed by atoms with E-state index in [1.807, 2.05) is 6.07 Å². The zero-order valence-corrected chi connectivity index (χ0v) is 17.3. The summed E-state index contributed by atoms with van der Waals surface area (Å²) in [7, 11) is 0. The van der Waals surface area contributed by atoms with Crippen molar-refractivity contribution in [1.29, 1.82) is 5.26 Å². The number of piperidine rings is 1. The van der Waals surface area contributed by atoms with Crippen molar-refractivity contribution in [3.63, 3.8) is 0 Å². The molecule has 0 N–H and O–H groups in total. The number of likely N-dealkylation sites (tertiary alicyclic amines) is 1. The molecule has 1 aromatic carbocycles. The summed E-state index contributed by atoms with van der Waals surface area (Å²) in [6.45, 7) is 4.22. The van der Waals surface area contributed by atoms with Gasteiger partial charge in [-0.15, -0.1) is 0 Å². The second kappa shape index (κ2) is 9.72. The molecule has 30 heavy (non-hydrogen) atoms. The SMILES string of the molecule is CCOC(=O)CCCN1CC2(CCN(C(=O)c3ccc(C#N)cc3)CC2)OCC1=O. The minimum atomic E-state index is -0.445. The van der Waals surface area contributed by atoms with E-state index in [0.717, 1.165) is 0 Å². The molecule has 2 aliphatic rings. The van der Waals surface area contributed by atoms with Gasteiger partial charge in [-0.2, -0.15) is 5.26 Å². The summed E-state index contributed by atoms with van der Waals surface area (Å²) in [6.07, 6.45) is 2.15. The highest BCUT2D eigenvalue weighted by molar-refractivity contribution is 5.94. The largest absolute Gasteiger partial charge is 0.466 e. The molecule has 0 radical (unpaired) electrons. The van der Waals surface area contributed by atoms with Gasteiger partial charge in [-0.25, -0.2) is 0 Å². The number of rotatable bonds is 6. The van der Waals surface area contributed by atoms with E-state index in [1.54, 1.807) is 41.0 Å². The Morgan fingerprint density at radius 3 is 2.57 bits per heavy atom. The maximum absolute atomic E-state index is 12.7. The van der Waals surface area contributed by atoms with Gasteiger partial charge in [0.05, 0.1) is 23.8 Å². The van der Waals surface area contributed by atoms with Crippen LogP contribution in [0.2, 0.25) is 0 Å². The van der Waals surface area contributed by atoms with Crippen molar-refractivity contribution in [2.75, 3.05) is 39.4 Å². The normalized spacial score (nSPS) is 18.2. The van der Waals surface area contributed by atoms with Crippen molar-refractivity contribution >= 4 is 17.8 Å². The molecular formula is C22H27N3O5. The fraction of sp³-hybridized carbons (Fsp3) is 0.545. The summed E-state index contributed by atoms with van der Waals surface area (Å²) in [4.78, 5) is 40.0. The van der Waals surface area contributed by atoms with E-state index in [4.69, 9.17) is 14.7 Å². The third-order valence-corrected chi connectivity index (χ3v) is 5.67. The quantitative estimate of drug-likeness (QED) is 0.659. The van der Waals surface area contributed by atoms with E-state index in [2.05, 4.69) is 0 Å². The molecule has 2 aliphatic heterocycles. The Morgan fingerprint density at radius 1 is 1.23 bits per heavy atom.